The summed E-state index contributed by atoms with van der Waals surface area (Å²) in [6, 6.07) is 10.6. The molecule has 1 aromatic carbocycles. The van der Waals surface area contributed by atoms with Gasteiger partial charge in [0.15, 0.2) is 0 Å². The summed E-state index contributed by atoms with van der Waals surface area (Å²) in [5, 5.41) is 6.52. The summed E-state index contributed by atoms with van der Waals surface area (Å²) in [5.41, 5.74) is 1.73. The molecule has 21 heavy (non-hydrogen) atoms. The van der Waals surface area contributed by atoms with Crippen molar-refractivity contribution >= 4 is 18.3 Å². The van der Waals surface area contributed by atoms with Crippen molar-refractivity contribution in [1.82, 2.24) is 10.6 Å². The van der Waals surface area contributed by atoms with Gasteiger partial charge in [0, 0.05) is 12.5 Å². The fraction of sp³-hybridized carbons (Fsp3) is 0.588. The van der Waals surface area contributed by atoms with E-state index in [4.69, 9.17) is 0 Å². The molecular weight excluding hydrogens is 284 g/mol. The van der Waals surface area contributed by atoms with E-state index in [1.165, 1.54) is 18.4 Å². The van der Waals surface area contributed by atoms with Crippen LogP contribution in [0.2, 0.25) is 0 Å². The van der Waals surface area contributed by atoms with Gasteiger partial charge >= 0.3 is 0 Å². The van der Waals surface area contributed by atoms with Gasteiger partial charge in [-0.05, 0) is 56.2 Å². The number of hydrogen-bond acceptors (Lipinski definition) is 2. The highest BCUT2D eigenvalue weighted by Crippen LogP contribution is 2.47. The molecule has 1 saturated heterocycles. The first-order valence-corrected chi connectivity index (χ1v) is 7.80. The van der Waals surface area contributed by atoms with Gasteiger partial charge in [0.25, 0.3) is 0 Å². The number of amides is 1. The summed E-state index contributed by atoms with van der Waals surface area (Å²) in [7, 11) is 0. The Morgan fingerprint density at radius 1 is 1.19 bits per heavy atom. The molecule has 2 aliphatic rings. The van der Waals surface area contributed by atoms with Crippen LogP contribution in [0.4, 0.5) is 0 Å². The second-order valence-electron chi connectivity index (χ2n) is 6.40. The van der Waals surface area contributed by atoms with Gasteiger partial charge in [-0.2, -0.15) is 0 Å². The van der Waals surface area contributed by atoms with Gasteiger partial charge in [-0.25, -0.2) is 0 Å². The Bertz CT molecular complexity index is 453. The van der Waals surface area contributed by atoms with Crippen LogP contribution in [0.3, 0.4) is 0 Å². The maximum Gasteiger partial charge on any atom is 0.223 e. The lowest BCUT2D eigenvalue weighted by atomic mass is 9.94. The quantitative estimate of drug-likeness (QED) is 0.878. The first-order chi connectivity index (χ1) is 9.77. The van der Waals surface area contributed by atoms with Crippen molar-refractivity contribution in [3.05, 3.63) is 35.9 Å². The maximum atomic E-state index is 12.2. The first-order valence-electron chi connectivity index (χ1n) is 7.80. The zero-order chi connectivity index (χ0) is 13.8. The van der Waals surface area contributed by atoms with Gasteiger partial charge in [-0.15, -0.1) is 12.4 Å². The van der Waals surface area contributed by atoms with Gasteiger partial charge in [0.2, 0.25) is 5.91 Å². The number of carbonyl (C=O) groups excluding carboxylic acids is 1. The predicted octanol–water partition coefficient (Wildman–Crippen LogP) is 2.55. The van der Waals surface area contributed by atoms with Crippen molar-refractivity contribution < 1.29 is 4.79 Å². The van der Waals surface area contributed by atoms with Crippen LogP contribution in [0.15, 0.2) is 30.3 Å². The van der Waals surface area contributed by atoms with Crippen LogP contribution in [0.5, 0.6) is 0 Å². The minimum absolute atomic E-state index is 0. The van der Waals surface area contributed by atoms with Gasteiger partial charge in [0.05, 0.1) is 0 Å². The van der Waals surface area contributed by atoms with Crippen molar-refractivity contribution in [3.63, 3.8) is 0 Å². The minimum Gasteiger partial charge on any atom is -0.355 e. The van der Waals surface area contributed by atoms with Crippen LogP contribution in [-0.4, -0.2) is 25.5 Å². The maximum absolute atomic E-state index is 12.2. The Kier molecular flexibility index (Phi) is 5.65. The fourth-order valence-corrected chi connectivity index (χ4v) is 3.12. The van der Waals surface area contributed by atoms with Gasteiger partial charge in [-0.1, -0.05) is 30.3 Å². The number of halogens is 1. The molecule has 0 bridgehead atoms. The van der Waals surface area contributed by atoms with E-state index in [0.29, 0.717) is 5.41 Å². The molecule has 1 aliphatic heterocycles. The van der Waals surface area contributed by atoms with E-state index in [2.05, 4.69) is 41.0 Å². The standard InChI is InChI=1S/C17H24N2O.ClH/c20-16(15-6-10-18-11-7-15)19-13-17(8-9-17)12-14-4-2-1-3-5-14;/h1-5,15,18H,6-13H2,(H,19,20);1H. The Morgan fingerprint density at radius 3 is 2.48 bits per heavy atom. The first kappa shape index (κ1) is 16.3. The smallest absolute Gasteiger partial charge is 0.223 e. The third-order valence-electron chi connectivity index (χ3n) is 4.73. The van der Waals surface area contributed by atoms with Crippen molar-refractivity contribution in [1.29, 1.82) is 0 Å². The molecule has 3 rings (SSSR count). The van der Waals surface area contributed by atoms with Crippen molar-refractivity contribution in [2.45, 2.75) is 32.1 Å². The molecule has 116 valence electrons. The molecule has 1 aliphatic carbocycles. The molecule has 1 saturated carbocycles. The number of benzene rings is 1. The summed E-state index contributed by atoms with van der Waals surface area (Å²) in [5.74, 6) is 0.495. The highest BCUT2D eigenvalue weighted by Gasteiger charge is 2.42. The highest BCUT2D eigenvalue weighted by molar-refractivity contribution is 5.85. The molecule has 0 atom stereocenters. The fourth-order valence-electron chi connectivity index (χ4n) is 3.12. The second kappa shape index (κ2) is 7.28. The van der Waals surface area contributed by atoms with Crippen LogP contribution >= 0.6 is 12.4 Å². The summed E-state index contributed by atoms with van der Waals surface area (Å²) in [4.78, 5) is 12.2. The Balaban J connectivity index is 0.00000161. The molecule has 0 aromatic heterocycles. The lowest BCUT2D eigenvalue weighted by Crippen LogP contribution is -2.40. The van der Waals surface area contributed by atoms with E-state index in [-0.39, 0.29) is 24.2 Å². The Labute approximate surface area is 133 Å². The van der Waals surface area contributed by atoms with Gasteiger partial charge in [0.1, 0.15) is 0 Å². The van der Waals surface area contributed by atoms with Crippen LogP contribution in [0.25, 0.3) is 0 Å². The van der Waals surface area contributed by atoms with E-state index in [1.807, 2.05) is 0 Å². The molecule has 4 heteroatoms. The Hall–Kier alpha value is -1.06. The Morgan fingerprint density at radius 2 is 1.86 bits per heavy atom. The normalized spacial score (nSPS) is 20.4. The monoisotopic (exact) mass is 308 g/mol. The summed E-state index contributed by atoms with van der Waals surface area (Å²) < 4.78 is 0. The molecule has 0 radical (unpaired) electrons. The van der Waals surface area contributed by atoms with Crippen LogP contribution < -0.4 is 10.6 Å². The van der Waals surface area contributed by atoms with Crippen molar-refractivity contribution in [2.75, 3.05) is 19.6 Å². The van der Waals surface area contributed by atoms with Crippen molar-refractivity contribution in [2.24, 2.45) is 11.3 Å². The van der Waals surface area contributed by atoms with E-state index >= 15 is 0 Å². The summed E-state index contributed by atoms with van der Waals surface area (Å²) >= 11 is 0. The number of piperidine rings is 1. The highest BCUT2D eigenvalue weighted by atomic mass is 35.5. The van der Waals surface area contributed by atoms with E-state index in [0.717, 1.165) is 38.9 Å². The molecular formula is C17H25ClN2O. The minimum atomic E-state index is 0. The molecule has 1 aromatic rings. The summed E-state index contributed by atoms with van der Waals surface area (Å²) in [6.45, 7) is 2.81. The number of rotatable bonds is 5. The molecule has 1 heterocycles. The van der Waals surface area contributed by atoms with E-state index in [1.54, 1.807) is 0 Å². The zero-order valence-electron chi connectivity index (χ0n) is 12.4. The molecule has 2 fully saturated rings. The lowest BCUT2D eigenvalue weighted by molar-refractivity contribution is -0.126. The molecule has 0 spiro atoms. The third kappa shape index (κ3) is 4.45. The molecule has 3 nitrogen and oxygen atoms in total. The van der Waals surface area contributed by atoms with Crippen LogP contribution in [0, 0.1) is 11.3 Å². The second-order valence-corrected chi connectivity index (χ2v) is 6.40. The molecule has 0 unspecified atom stereocenters. The number of nitrogens with one attached hydrogen (secondary N) is 2. The molecule has 1 amide bonds. The average Bonchev–Trinajstić information content (AvgIpc) is 3.27. The lowest BCUT2D eigenvalue weighted by Gasteiger charge is -2.23. The SMILES string of the molecule is Cl.O=C(NCC1(Cc2ccccc2)CC1)C1CCNCC1. The van der Waals surface area contributed by atoms with Crippen LogP contribution in [0.1, 0.15) is 31.2 Å². The van der Waals surface area contributed by atoms with E-state index < -0.39 is 0 Å². The van der Waals surface area contributed by atoms with Gasteiger partial charge < -0.3 is 10.6 Å². The van der Waals surface area contributed by atoms with Crippen molar-refractivity contribution in [3.8, 4) is 0 Å². The average molecular weight is 309 g/mol. The summed E-state index contributed by atoms with van der Waals surface area (Å²) in [6.07, 6.45) is 5.55. The number of carbonyl (C=O) groups is 1. The largest absolute Gasteiger partial charge is 0.355 e. The number of hydrogen-bond donors (Lipinski definition) is 2. The third-order valence-corrected chi connectivity index (χ3v) is 4.73. The van der Waals surface area contributed by atoms with Gasteiger partial charge in [-0.3, -0.25) is 4.79 Å². The van der Waals surface area contributed by atoms with E-state index in [9.17, 15) is 4.79 Å². The topological polar surface area (TPSA) is 41.1 Å². The zero-order valence-corrected chi connectivity index (χ0v) is 13.3. The van der Waals surface area contributed by atoms with Crippen LogP contribution in [-0.2, 0) is 11.2 Å². The molecule has 2 N–H and O–H groups in total. The predicted molar refractivity (Wildman–Crippen MR) is 87.7 cm³/mol.